The minimum absolute atomic E-state index is 1.19. The lowest BCUT2D eigenvalue weighted by atomic mass is 10.5. The Morgan fingerprint density at radius 1 is 1.60 bits per heavy atom. The van der Waals surface area contributed by atoms with Crippen molar-refractivity contribution in [3.8, 4) is 0 Å². The molecule has 1 rings (SSSR count). The van der Waals surface area contributed by atoms with Gasteiger partial charge >= 0.3 is 0 Å². The average Bonchev–Trinajstić information content (AvgIpc) is 1.76. The van der Waals surface area contributed by atoms with Gasteiger partial charge in [-0.25, -0.2) is 0 Å². The largest absolute Gasteiger partial charge is 0.269 e. The maximum atomic E-state index is 3.10. The fourth-order valence-corrected chi connectivity index (χ4v) is 0.510. The Labute approximate surface area is 31.5 Å². The zero-order chi connectivity index (χ0) is 3.54. The van der Waals surface area contributed by atoms with Crippen LogP contribution in [0.3, 0.4) is 0 Å². The molecular weight excluding hydrogens is 64.0 g/mol. The van der Waals surface area contributed by atoms with E-state index in [0.717, 1.165) is 0 Å². The first-order valence-corrected chi connectivity index (χ1v) is 2.05. The lowest BCUT2D eigenvalue weighted by Gasteiger charge is -1.76. The van der Waals surface area contributed by atoms with Crippen molar-refractivity contribution in [1.29, 1.82) is 0 Å². The fraction of sp³-hybridized carbons (Fsp3) is 1.00. The minimum atomic E-state index is 1.19. The molecule has 0 spiro atoms. The van der Waals surface area contributed by atoms with Crippen LogP contribution < -0.4 is 10.9 Å². The zero-order valence-electron chi connectivity index (χ0n) is 3.20. The van der Waals surface area contributed by atoms with Crippen LogP contribution in [-0.4, -0.2) is 13.1 Å². The third-order valence-electron chi connectivity index (χ3n) is 0.814. The highest BCUT2D eigenvalue weighted by Crippen LogP contribution is 1.66. The molecule has 2 heteroatoms. The SMILES string of the molecule is C1CN[NH2+]C1. The van der Waals surface area contributed by atoms with E-state index in [2.05, 4.69) is 10.9 Å². The summed E-state index contributed by atoms with van der Waals surface area (Å²) in [4.78, 5) is 0. The summed E-state index contributed by atoms with van der Waals surface area (Å²) in [7, 11) is 0. The first kappa shape index (κ1) is 3.12. The molecule has 2 nitrogen and oxygen atoms in total. The van der Waals surface area contributed by atoms with E-state index in [1.165, 1.54) is 19.5 Å². The van der Waals surface area contributed by atoms with Crippen molar-refractivity contribution in [2.45, 2.75) is 6.42 Å². The number of hydrogen-bond donors (Lipinski definition) is 2. The Balaban J connectivity index is 2.08. The molecule has 0 unspecified atom stereocenters. The van der Waals surface area contributed by atoms with Crippen LogP contribution in [0.15, 0.2) is 0 Å². The van der Waals surface area contributed by atoms with Crippen LogP contribution in [0.2, 0.25) is 0 Å². The van der Waals surface area contributed by atoms with Gasteiger partial charge in [0.2, 0.25) is 0 Å². The van der Waals surface area contributed by atoms with E-state index in [1.807, 2.05) is 0 Å². The number of hydrogen-bond acceptors (Lipinski definition) is 1. The molecule has 1 heterocycles. The van der Waals surface area contributed by atoms with Gasteiger partial charge in [0.05, 0.1) is 6.54 Å². The standard InChI is InChI=1S/C3H8N2/c1-2-4-5-3-1/h4-5H,1-3H2/p+1. The van der Waals surface area contributed by atoms with Gasteiger partial charge in [0.15, 0.2) is 0 Å². The lowest BCUT2D eigenvalue weighted by molar-refractivity contribution is -0.691. The molecule has 1 aliphatic rings. The molecule has 0 amide bonds. The molecule has 1 aliphatic heterocycles. The molecule has 0 aromatic rings. The number of quaternary nitrogens is 1. The van der Waals surface area contributed by atoms with Gasteiger partial charge in [0.1, 0.15) is 0 Å². The third-order valence-corrected chi connectivity index (χ3v) is 0.814. The first-order valence-electron chi connectivity index (χ1n) is 2.05. The maximum absolute atomic E-state index is 3.10. The molecule has 0 aromatic heterocycles. The predicted molar refractivity (Wildman–Crippen MR) is 19.4 cm³/mol. The van der Waals surface area contributed by atoms with Crippen molar-refractivity contribution in [1.82, 2.24) is 5.43 Å². The maximum Gasteiger partial charge on any atom is 0.0944 e. The van der Waals surface area contributed by atoms with E-state index in [-0.39, 0.29) is 0 Å². The summed E-state index contributed by atoms with van der Waals surface area (Å²) in [6.07, 6.45) is 1.33. The Hall–Kier alpha value is -0.0800. The second-order valence-corrected chi connectivity index (χ2v) is 1.30. The highest BCUT2D eigenvalue weighted by molar-refractivity contribution is 4.35. The second kappa shape index (κ2) is 1.38. The Bertz CT molecular complexity index is 16.5. The number of nitrogens with one attached hydrogen (secondary N) is 1. The first-order chi connectivity index (χ1) is 2.50. The summed E-state index contributed by atoms with van der Waals surface area (Å²) >= 11 is 0. The van der Waals surface area contributed by atoms with Gasteiger partial charge in [-0.15, -0.1) is 0 Å². The minimum Gasteiger partial charge on any atom is -0.269 e. The molecule has 5 heavy (non-hydrogen) atoms. The Morgan fingerprint density at radius 2 is 2.60 bits per heavy atom. The summed E-state index contributed by atoms with van der Waals surface area (Å²) in [5.41, 5.74) is 5.21. The van der Waals surface area contributed by atoms with Crippen molar-refractivity contribution in [2.75, 3.05) is 13.1 Å². The van der Waals surface area contributed by atoms with Crippen molar-refractivity contribution in [3.63, 3.8) is 0 Å². The molecule has 0 radical (unpaired) electrons. The van der Waals surface area contributed by atoms with Crippen LogP contribution in [0.1, 0.15) is 6.42 Å². The molecular formula is C3H9N2+. The average molecular weight is 73.1 g/mol. The monoisotopic (exact) mass is 73.1 g/mol. The van der Waals surface area contributed by atoms with Crippen molar-refractivity contribution in [2.24, 2.45) is 0 Å². The van der Waals surface area contributed by atoms with Crippen molar-refractivity contribution >= 4 is 0 Å². The van der Waals surface area contributed by atoms with Gasteiger partial charge < -0.3 is 0 Å². The highest BCUT2D eigenvalue weighted by atomic mass is 15.4. The number of nitrogens with two attached hydrogens (primary N) is 1. The third kappa shape index (κ3) is 0.597. The summed E-state index contributed by atoms with van der Waals surface area (Å²) < 4.78 is 0. The van der Waals surface area contributed by atoms with E-state index in [4.69, 9.17) is 0 Å². The van der Waals surface area contributed by atoms with Crippen LogP contribution in [0, 0.1) is 0 Å². The molecule has 0 atom stereocenters. The number of rotatable bonds is 0. The van der Waals surface area contributed by atoms with Crippen molar-refractivity contribution in [3.05, 3.63) is 0 Å². The van der Waals surface area contributed by atoms with E-state index in [9.17, 15) is 0 Å². The van der Waals surface area contributed by atoms with Crippen molar-refractivity contribution < 1.29 is 5.43 Å². The van der Waals surface area contributed by atoms with Gasteiger partial charge in [-0.05, 0) is 0 Å². The van der Waals surface area contributed by atoms with Crippen LogP contribution in [0.5, 0.6) is 0 Å². The predicted octanol–water partition coefficient (Wildman–Crippen LogP) is -1.54. The summed E-state index contributed by atoms with van der Waals surface area (Å²) in [5.74, 6) is 0. The van der Waals surface area contributed by atoms with Crippen LogP contribution in [-0.2, 0) is 0 Å². The van der Waals surface area contributed by atoms with E-state index in [1.54, 1.807) is 0 Å². The van der Waals surface area contributed by atoms with Crippen LogP contribution in [0.4, 0.5) is 0 Å². The normalized spacial score (nSPS) is 24.0. The van der Waals surface area contributed by atoms with Crippen LogP contribution >= 0.6 is 0 Å². The quantitative estimate of drug-likeness (QED) is 0.334. The zero-order valence-corrected chi connectivity index (χ0v) is 3.20. The van der Waals surface area contributed by atoms with E-state index in [0.29, 0.717) is 0 Å². The topological polar surface area (TPSA) is 28.6 Å². The van der Waals surface area contributed by atoms with Gasteiger partial charge in [-0.2, -0.15) is 5.43 Å². The van der Waals surface area contributed by atoms with Gasteiger partial charge in [0.25, 0.3) is 0 Å². The van der Waals surface area contributed by atoms with E-state index < -0.39 is 0 Å². The molecule has 1 fully saturated rings. The molecule has 3 N–H and O–H groups in total. The Kier molecular flexibility index (Phi) is 0.862. The molecule has 0 aromatic carbocycles. The molecule has 30 valence electrons. The lowest BCUT2D eigenvalue weighted by Crippen LogP contribution is -2.89. The molecule has 0 bridgehead atoms. The smallest absolute Gasteiger partial charge is 0.0944 e. The second-order valence-electron chi connectivity index (χ2n) is 1.30. The summed E-state index contributed by atoms with van der Waals surface area (Å²) in [6, 6.07) is 0. The highest BCUT2D eigenvalue weighted by Gasteiger charge is 1.96. The molecule has 0 aliphatic carbocycles. The molecule has 0 saturated carbocycles. The van der Waals surface area contributed by atoms with Gasteiger partial charge in [0, 0.05) is 13.0 Å². The fourth-order valence-electron chi connectivity index (χ4n) is 0.510. The summed E-state index contributed by atoms with van der Waals surface area (Å²) in [6.45, 7) is 2.46. The van der Waals surface area contributed by atoms with Gasteiger partial charge in [-0.1, -0.05) is 0 Å². The van der Waals surface area contributed by atoms with Crippen LogP contribution in [0.25, 0.3) is 0 Å². The molecule has 1 saturated heterocycles. The van der Waals surface area contributed by atoms with E-state index >= 15 is 0 Å². The Morgan fingerprint density at radius 3 is 2.80 bits per heavy atom. The summed E-state index contributed by atoms with van der Waals surface area (Å²) in [5, 5.41) is 0. The van der Waals surface area contributed by atoms with Gasteiger partial charge in [-0.3, -0.25) is 5.43 Å².